The Hall–Kier alpha value is -5.09. The van der Waals surface area contributed by atoms with Crippen molar-refractivity contribution >= 4 is 11.6 Å². The molecule has 3 aromatic heterocycles. The van der Waals surface area contributed by atoms with Crippen LogP contribution in [0.2, 0.25) is 5.02 Å². The second kappa shape index (κ2) is 13.3. The largest absolute Gasteiger partial charge is 0.439 e. The van der Waals surface area contributed by atoms with Crippen LogP contribution < -0.4 is 11.3 Å². The Morgan fingerprint density at radius 1 is 0.867 bits per heavy atom. The van der Waals surface area contributed by atoms with Crippen molar-refractivity contribution in [1.29, 1.82) is 0 Å². The van der Waals surface area contributed by atoms with Gasteiger partial charge in [-0.3, -0.25) is 18.9 Å². The van der Waals surface area contributed by atoms with E-state index in [1.165, 1.54) is 0 Å². The summed E-state index contributed by atoms with van der Waals surface area (Å²) in [6.07, 6.45) is 3.20. The fourth-order valence-corrected chi connectivity index (χ4v) is 5.51. The predicted octanol–water partition coefficient (Wildman–Crippen LogP) is 6.17. The number of halogens is 1. The molecule has 6 rings (SSSR count). The first kappa shape index (κ1) is 30.0. The zero-order valence-electron chi connectivity index (χ0n) is 24.9. The molecule has 0 spiro atoms. The Labute approximate surface area is 263 Å². The fourth-order valence-electron chi connectivity index (χ4n) is 5.31. The summed E-state index contributed by atoms with van der Waals surface area (Å²) in [6, 6.07) is 23.1. The van der Waals surface area contributed by atoms with Gasteiger partial charge in [-0.25, -0.2) is 9.78 Å². The lowest BCUT2D eigenvalue weighted by Crippen LogP contribution is -2.30. The van der Waals surface area contributed by atoms with Crippen LogP contribution in [-0.4, -0.2) is 29.8 Å². The molecular formula is C34H31ClN6O4. The molecule has 3 aromatic carbocycles. The van der Waals surface area contributed by atoms with Crippen LogP contribution in [0.25, 0.3) is 22.5 Å². The summed E-state index contributed by atoms with van der Waals surface area (Å²) < 4.78 is 12.0. The molecule has 45 heavy (non-hydrogen) atoms. The number of unbranched alkanes of at least 4 members (excludes halogenated alkanes) is 1. The first-order chi connectivity index (χ1) is 21.9. The molecule has 0 atom stereocenters. The van der Waals surface area contributed by atoms with Gasteiger partial charge < -0.3 is 4.52 Å². The van der Waals surface area contributed by atoms with Gasteiger partial charge in [0.15, 0.2) is 11.6 Å². The van der Waals surface area contributed by atoms with Gasteiger partial charge in [-0.1, -0.05) is 102 Å². The molecule has 3 heterocycles. The first-order valence-corrected chi connectivity index (χ1v) is 15.2. The van der Waals surface area contributed by atoms with E-state index >= 15 is 0 Å². The van der Waals surface area contributed by atoms with Crippen molar-refractivity contribution in [3.63, 3.8) is 0 Å². The molecule has 0 fully saturated rings. The Kier molecular flexibility index (Phi) is 8.84. The summed E-state index contributed by atoms with van der Waals surface area (Å²) in [5, 5.41) is 8.60. The number of rotatable bonds is 11. The van der Waals surface area contributed by atoms with E-state index in [0.717, 1.165) is 46.5 Å². The smallest absolute Gasteiger partial charge is 0.339 e. The van der Waals surface area contributed by atoms with Crippen LogP contribution in [0.5, 0.6) is 0 Å². The molecule has 0 saturated heterocycles. The molecular weight excluding hydrogens is 592 g/mol. The van der Waals surface area contributed by atoms with Crippen LogP contribution in [0.4, 0.5) is 0 Å². The third kappa shape index (κ3) is 6.71. The van der Waals surface area contributed by atoms with Crippen LogP contribution in [0.15, 0.2) is 91.4 Å². The molecule has 0 unspecified atom stereocenters. The molecule has 11 heteroatoms. The second-order valence-corrected chi connectivity index (χ2v) is 11.2. The molecule has 0 amide bonds. The monoisotopic (exact) mass is 622 g/mol. The topological polar surface area (TPSA) is 133 Å². The van der Waals surface area contributed by atoms with Crippen molar-refractivity contribution in [2.75, 3.05) is 0 Å². The Bertz CT molecular complexity index is 2060. The number of aromatic nitrogens is 6. The van der Waals surface area contributed by atoms with E-state index in [2.05, 4.69) is 27.2 Å². The number of hydrogen-bond acceptors (Lipinski definition) is 8. The lowest BCUT2D eigenvalue weighted by atomic mass is 9.98. The van der Waals surface area contributed by atoms with Gasteiger partial charge in [0.1, 0.15) is 5.82 Å². The van der Waals surface area contributed by atoms with E-state index in [-0.39, 0.29) is 12.0 Å². The van der Waals surface area contributed by atoms with Crippen molar-refractivity contribution < 1.29 is 9.05 Å². The SMILES string of the molecule is CCCCc1nc(C)c(Cc2nc(Cc3ccccc3Cl)no2)c(=O)n1Cc1ccc(-c2ccccc2-c2noc(=O)[nH]2)cc1. The Morgan fingerprint density at radius 3 is 2.36 bits per heavy atom. The standard InChI is InChI=1S/C34H31ClN6O4/c1-3-4-13-30-36-21(2)27(19-31-37-29(39-44-31)18-24-9-5-8-12-28(24)35)33(42)41(30)20-22-14-16-23(17-15-22)25-10-6-7-11-26(25)32-38-34(43)45-40-32/h5-12,14-17H,3-4,13,18-20H2,1-2H3,(H,38,40,43). The lowest BCUT2D eigenvalue weighted by molar-refractivity contribution is 0.379. The second-order valence-electron chi connectivity index (χ2n) is 10.8. The van der Waals surface area contributed by atoms with E-state index in [1.807, 2.05) is 79.7 Å². The third-order valence-corrected chi connectivity index (χ3v) is 8.04. The molecule has 0 aliphatic carbocycles. The van der Waals surface area contributed by atoms with Gasteiger partial charge >= 0.3 is 5.76 Å². The van der Waals surface area contributed by atoms with Gasteiger partial charge in [0.2, 0.25) is 5.89 Å². The molecule has 0 aliphatic rings. The lowest BCUT2D eigenvalue weighted by Gasteiger charge is -2.16. The Balaban J connectivity index is 1.27. The number of H-pyrrole nitrogens is 1. The number of aryl methyl sites for hydroxylation is 2. The van der Waals surface area contributed by atoms with Crippen molar-refractivity contribution in [1.82, 2.24) is 29.8 Å². The number of nitrogens with one attached hydrogen (secondary N) is 1. The highest BCUT2D eigenvalue weighted by Gasteiger charge is 2.19. The van der Waals surface area contributed by atoms with E-state index in [0.29, 0.717) is 53.2 Å². The summed E-state index contributed by atoms with van der Waals surface area (Å²) in [5.41, 5.74) is 5.48. The van der Waals surface area contributed by atoms with E-state index in [9.17, 15) is 9.59 Å². The predicted molar refractivity (Wildman–Crippen MR) is 170 cm³/mol. The zero-order valence-corrected chi connectivity index (χ0v) is 25.7. The number of benzene rings is 3. The van der Waals surface area contributed by atoms with Gasteiger partial charge in [0, 0.05) is 34.7 Å². The Morgan fingerprint density at radius 2 is 1.62 bits per heavy atom. The molecule has 0 bridgehead atoms. The summed E-state index contributed by atoms with van der Waals surface area (Å²) >= 11 is 6.30. The van der Waals surface area contributed by atoms with E-state index < -0.39 is 5.76 Å². The minimum absolute atomic E-state index is 0.121. The van der Waals surface area contributed by atoms with Crippen molar-refractivity contribution in [2.24, 2.45) is 0 Å². The number of hydrogen-bond donors (Lipinski definition) is 1. The van der Waals surface area contributed by atoms with Gasteiger partial charge in [-0.05, 0) is 41.7 Å². The summed E-state index contributed by atoms with van der Waals surface area (Å²) in [7, 11) is 0. The number of nitrogens with zero attached hydrogens (tertiary/aromatic N) is 5. The van der Waals surface area contributed by atoms with E-state index in [1.54, 1.807) is 4.57 Å². The summed E-state index contributed by atoms with van der Waals surface area (Å²) in [5.74, 6) is 1.35. The van der Waals surface area contributed by atoms with Crippen LogP contribution in [0, 0.1) is 6.92 Å². The maximum atomic E-state index is 14.0. The molecule has 0 radical (unpaired) electrons. The summed E-state index contributed by atoms with van der Waals surface area (Å²) in [6.45, 7) is 4.33. The van der Waals surface area contributed by atoms with Crippen molar-refractivity contribution in [2.45, 2.75) is 52.5 Å². The van der Waals surface area contributed by atoms with Gasteiger partial charge in [-0.2, -0.15) is 4.98 Å². The average molecular weight is 623 g/mol. The highest BCUT2D eigenvalue weighted by molar-refractivity contribution is 6.31. The van der Waals surface area contributed by atoms with Crippen LogP contribution in [0.3, 0.4) is 0 Å². The van der Waals surface area contributed by atoms with Gasteiger partial charge in [0.05, 0.1) is 13.0 Å². The quantitative estimate of drug-likeness (QED) is 0.181. The highest BCUT2D eigenvalue weighted by atomic mass is 35.5. The molecule has 6 aromatic rings. The van der Waals surface area contributed by atoms with Gasteiger partial charge in [-0.15, -0.1) is 0 Å². The minimum Gasteiger partial charge on any atom is -0.339 e. The highest BCUT2D eigenvalue weighted by Crippen LogP contribution is 2.30. The molecule has 228 valence electrons. The first-order valence-electron chi connectivity index (χ1n) is 14.8. The minimum atomic E-state index is -0.609. The maximum Gasteiger partial charge on any atom is 0.439 e. The fraction of sp³-hybridized carbons (Fsp3) is 0.235. The maximum absolute atomic E-state index is 14.0. The molecule has 0 aliphatic heterocycles. The van der Waals surface area contributed by atoms with Crippen molar-refractivity contribution in [3.05, 3.63) is 139 Å². The van der Waals surface area contributed by atoms with E-state index in [4.69, 9.17) is 25.6 Å². The van der Waals surface area contributed by atoms with Gasteiger partial charge in [0.25, 0.3) is 5.56 Å². The van der Waals surface area contributed by atoms with Crippen LogP contribution in [0.1, 0.15) is 59.7 Å². The zero-order chi connectivity index (χ0) is 31.3. The molecule has 10 nitrogen and oxygen atoms in total. The normalized spacial score (nSPS) is 11.3. The summed E-state index contributed by atoms with van der Waals surface area (Å²) in [4.78, 5) is 37.6. The molecule has 0 saturated carbocycles. The van der Waals surface area contributed by atoms with Crippen LogP contribution in [-0.2, 0) is 25.8 Å². The number of aromatic amines is 1. The molecule has 1 N–H and O–H groups in total. The third-order valence-electron chi connectivity index (χ3n) is 7.67. The van der Waals surface area contributed by atoms with Crippen LogP contribution >= 0.6 is 11.6 Å². The average Bonchev–Trinajstić information content (AvgIpc) is 3.69. The van der Waals surface area contributed by atoms with Crippen molar-refractivity contribution in [3.8, 4) is 22.5 Å².